The van der Waals surface area contributed by atoms with Gasteiger partial charge in [0.1, 0.15) is 5.71 Å². The van der Waals surface area contributed by atoms with E-state index >= 15 is 0 Å². The number of hydrogen-bond donors (Lipinski definition) is 2. The van der Waals surface area contributed by atoms with Crippen LogP contribution in [0.25, 0.3) is 0 Å². The molecule has 0 aromatic heterocycles. The van der Waals surface area contributed by atoms with Crippen molar-refractivity contribution in [2.75, 3.05) is 6.61 Å². The zero-order valence-corrected chi connectivity index (χ0v) is 13.3. The summed E-state index contributed by atoms with van der Waals surface area (Å²) in [5, 5.41) is 6.60. The topological polar surface area (TPSA) is 96.9 Å². The first-order valence-corrected chi connectivity index (χ1v) is 8.35. The Labute approximate surface area is 135 Å². The van der Waals surface area contributed by atoms with Gasteiger partial charge in [0.05, 0.1) is 0 Å². The van der Waals surface area contributed by atoms with Crippen molar-refractivity contribution in [2.45, 2.75) is 51.5 Å². The number of carbonyl (C=O) groups excluding carboxylic acids is 3. The average molecular weight is 321 g/mol. The molecule has 3 aliphatic rings. The number of hydrazone groups is 1. The molecule has 7 heteroatoms. The minimum atomic E-state index is -0.646. The van der Waals surface area contributed by atoms with Gasteiger partial charge in [0.2, 0.25) is 5.91 Å². The molecule has 1 heterocycles. The first-order chi connectivity index (χ1) is 11.0. The molecule has 2 aliphatic carbocycles. The van der Waals surface area contributed by atoms with E-state index in [1.54, 1.807) is 0 Å². The number of amides is 2. The van der Waals surface area contributed by atoms with E-state index in [4.69, 9.17) is 4.74 Å². The van der Waals surface area contributed by atoms with E-state index in [2.05, 4.69) is 15.8 Å². The summed E-state index contributed by atoms with van der Waals surface area (Å²) in [6.45, 7) is 1.72. The highest BCUT2D eigenvalue weighted by molar-refractivity contribution is 6.37. The number of esters is 1. The highest BCUT2D eigenvalue weighted by atomic mass is 16.5. The van der Waals surface area contributed by atoms with Gasteiger partial charge in [0.25, 0.3) is 5.91 Å². The fourth-order valence-electron chi connectivity index (χ4n) is 4.14. The van der Waals surface area contributed by atoms with Gasteiger partial charge >= 0.3 is 5.97 Å². The Balaban J connectivity index is 1.41. The molecule has 0 spiro atoms. The van der Waals surface area contributed by atoms with Crippen molar-refractivity contribution < 1.29 is 19.1 Å². The number of ether oxygens (including phenoxy) is 1. The molecule has 126 valence electrons. The Hall–Kier alpha value is -1.92. The molecule has 2 fully saturated rings. The highest BCUT2D eigenvalue weighted by Gasteiger charge is 2.42. The van der Waals surface area contributed by atoms with Gasteiger partial charge in [-0.3, -0.25) is 9.59 Å². The largest absolute Gasteiger partial charge is 0.451 e. The molecular formula is C16H23N3O4. The van der Waals surface area contributed by atoms with Gasteiger partial charge in [-0.25, -0.2) is 10.2 Å². The normalized spacial score (nSPS) is 30.4. The van der Waals surface area contributed by atoms with Crippen LogP contribution in [0.3, 0.4) is 0 Å². The second-order valence-corrected chi connectivity index (χ2v) is 6.86. The van der Waals surface area contributed by atoms with Crippen molar-refractivity contribution in [1.82, 2.24) is 10.7 Å². The van der Waals surface area contributed by atoms with Crippen LogP contribution in [0, 0.1) is 17.8 Å². The number of nitrogens with one attached hydrogen (secondary N) is 2. The minimum Gasteiger partial charge on any atom is -0.451 e. The molecule has 23 heavy (non-hydrogen) atoms. The molecule has 0 aromatic rings. The van der Waals surface area contributed by atoms with E-state index in [-0.39, 0.29) is 43.0 Å². The zero-order chi connectivity index (χ0) is 16.4. The van der Waals surface area contributed by atoms with E-state index in [1.165, 1.54) is 25.7 Å². The van der Waals surface area contributed by atoms with Crippen molar-refractivity contribution in [3.8, 4) is 0 Å². The van der Waals surface area contributed by atoms with E-state index in [1.807, 2.05) is 6.92 Å². The van der Waals surface area contributed by atoms with Crippen molar-refractivity contribution in [2.24, 2.45) is 22.9 Å². The summed E-state index contributed by atoms with van der Waals surface area (Å²) in [4.78, 5) is 34.7. The average Bonchev–Trinajstić information content (AvgIpc) is 3.16. The summed E-state index contributed by atoms with van der Waals surface area (Å²) < 4.78 is 4.97. The summed E-state index contributed by atoms with van der Waals surface area (Å²) in [6, 6.07) is 0.114. The van der Waals surface area contributed by atoms with E-state index in [0.29, 0.717) is 5.92 Å². The van der Waals surface area contributed by atoms with Gasteiger partial charge in [0.15, 0.2) is 6.61 Å². The van der Waals surface area contributed by atoms with Crippen molar-refractivity contribution >= 4 is 23.5 Å². The van der Waals surface area contributed by atoms with Crippen LogP contribution in [0.4, 0.5) is 0 Å². The summed E-state index contributed by atoms with van der Waals surface area (Å²) in [6.07, 6.45) is 5.55. The first-order valence-electron chi connectivity index (χ1n) is 8.35. The van der Waals surface area contributed by atoms with Gasteiger partial charge < -0.3 is 10.1 Å². The molecule has 0 aromatic carbocycles. The molecule has 3 rings (SSSR count). The SMILES string of the molecule is C[C@@H](NC(=O)COC(=O)C1=NNC(=O)CC1)[C@@H]1C[C@H]2CC[C@H]1C2. The molecule has 0 radical (unpaired) electrons. The Morgan fingerprint density at radius 3 is 2.78 bits per heavy atom. The Kier molecular flexibility index (Phi) is 4.63. The molecule has 2 amide bonds. The van der Waals surface area contributed by atoms with Gasteiger partial charge in [-0.15, -0.1) is 0 Å². The van der Waals surface area contributed by atoms with Crippen LogP contribution in [0.2, 0.25) is 0 Å². The van der Waals surface area contributed by atoms with Gasteiger partial charge in [-0.1, -0.05) is 6.42 Å². The van der Waals surface area contributed by atoms with E-state index in [0.717, 1.165) is 11.8 Å². The van der Waals surface area contributed by atoms with Crippen LogP contribution >= 0.6 is 0 Å². The monoisotopic (exact) mass is 321 g/mol. The second-order valence-electron chi connectivity index (χ2n) is 6.86. The van der Waals surface area contributed by atoms with Crippen LogP contribution in [-0.2, 0) is 19.1 Å². The lowest BCUT2D eigenvalue weighted by Gasteiger charge is -2.28. The highest BCUT2D eigenvalue weighted by Crippen LogP contribution is 2.49. The van der Waals surface area contributed by atoms with Gasteiger partial charge in [-0.05, 0) is 43.9 Å². The minimum absolute atomic E-state index is 0.114. The van der Waals surface area contributed by atoms with E-state index in [9.17, 15) is 14.4 Å². The lowest BCUT2D eigenvalue weighted by molar-refractivity contribution is -0.142. The van der Waals surface area contributed by atoms with Crippen LogP contribution in [0.5, 0.6) is 0 Å². The van der Waals surface area contributed by atoms with Crippen LogP contribution in [0.1, 0.15) is 45.4 Å². The van der Waals surface area contributed by atoms with Gasteiger partial charge in [-0.2, -0.15) is 5.10 Å². The number of rotatable bonds is 5. The lowest BCUT2D eigenvalue weighted by atomic mass is 9.84. The van der Waals surface area contributed by atoms with E-state index < -0.39 is 5.97 Å². The number of nitrogens with zero attached hydrogens (tertiary/aromatic N) is 1. The van der Waals surface area contributed by atoms with Crippen molar-refractivity contribution in [1.29, 1.82) is 0 Å². The zero-order valence-electron chi connectivity index (χ0n) is 13.3. The van der Waals surface area contributed by atoms with Crippen LogP contribution in [-0.4, -0.2) is 36.1 Å². The Morgan fingerprint density at radius 2 is 2.17 bits per heavy atom. The molecule has 4 atom stereocenters. The fraction of sp³-hybridized carbons (Fsp3) is 0.750. The number of carbonyl (C=O) groups is 3. The Bertz CT molecular complexity index is 545. The maximum absolute atomic E-state index is 12.0. The van der Waals surface area contributed by atoms with Crippen molar-refractivity contribution in [3.05, 3.63) is 0 Å². The van der Waals surface area contributed by atoms with Crippen molar-refractivity contribution in [3.63, 3.8) is 0 Å². The predicted molar refractivity (Wildman–Crippen MR) is 82.3 cm³/mol. The van der Waals surface area contributed by atoms with Crippen LogP contribution in [0.15, 0.2) is 5.10 Å². The summed E-state index contributed by atoms with van der Waals surface area (Å²) in [7, 11) is 0. The Morgan fingerprint density at radius 1 is 1.35 bits per heavy atom. The quantitative estimate of drug-likeness (QED) is 0.730. The summed E-state index contributed by atoms with van der Waals surface area (Å²) in [5.74, 6) is 0.965. The molecule has 1 aliphatic heterocycles. The third-order valence-electron chi connectivity index (χ3n) is 5.30. The number of fused-ring (bicyclic) bond motifs is 2. The smallest absolute Gasteiger partial charge is 0.355 e. The molecule has 2 N–H and O–H groups in total. The summed E-state index contributed by atoms with van der Waals surface area (Å²) >= 11 is 0. The fourth-order valence-corrected chi connectivity index (χ4v) is 4.14. The lowest BCUT2D eigenvalue weighted by Crippen LogP contribution is -2.42. The predicted octanol–water partition coefficient (Wildman–Crippen LogP) is 0.736. The molecule has 0 saturated heterocycles. The maximum atomic E-state index is 12.0. The molecule has 7 nitrogen and oxygen atoms in total. The molecule has 2 saturated carbocycles. The molecule has 2 bridgehead atoms. The third-order valence-corrected chi connectivity index (χ3v) is 5.30. The van der Waals surface area contributed by atoms with Crippen LogP contribution < -0.4 is 10.7 Å². The van der Waals surface area contributed by atoms with Gasteiger partial charge in [0, 0.05) is 18.9 Å². The second kappa shape index (κ2) is 6.68. The molecular weight excluding hydrogens is 298 g/mol. The number of hydrogen-bond acceptors (Lipinski definition) is 5. The first kappa shape index (κ1) is 16.0. The standard InChI is InChI=1S/C16H23N3O4/c1-9(12-7-10-2-3-11(12)6-10)17-15(21)8-23-16(22)13-4-5-14(20)19-18-13/h9-12H,2-8H2,1H3,(H,17,21)(H,19,20)/t9-,10+,11+,12+/m1/s1. The summed E-state index contributed by atoms with van der Waals surface area (Å²) in [5.41, 5.74) is 2.38. The molecule has 0 unspecified atom stereocenters. The third kappa shape index (κ3) is 3.71. The maximum Gasteiger partial charge on any atom is 0.355 e.